The number of hydrogen-bond acceptors (Lipinski definition) is 3. The number of benzene rings is 1. The van der Waals surface area contributed by atoms with Crippen LogP contribution < -0.4 is 0 Å². The van der Waals surface area contributed by atoms with Gasteiger partial charge in [-0.15, -0.1) is 4.91 Å². The van der Waals surface area contributed by atoms with E-state index in [4.69, 9.17) is 0 Å². The minimum Gasteiger partial charge on any atom is -0.296 e. The molecule has 1 aliphatic carbocycles. The highest BCUT2D eigenvalue weighted by Gasteiger charge is 2.47. The monoisotopic (exact) mass is 257 g/mol. The van der Waals surface area contributed by atoms with Crippen molar-refractivity contribution in [1.29, 1.82) is 0 Å². The Morgan fingerprint density at radius 3 is 2.39 bits per heavy atom. The minimum absolute atomic E-state index is 0.0150. The summed E-state index contributed by atoms with van der Waals surface area (Å²) in [5.41, 5.74) is -2.98. The molecule has 1 saturated carbocycles. The van der Waals surface area contributed by atoms with Gasteiger partial charge in [-0.2, -0.15) is 0 Å². The summed E-state index contributed by atoms with van der Waals surface area (Å²) in [5.74, 6) is -4.59. The first-order chi connectivity index (χ1) is 8.53. The summed E-state index contributed by atoms with van der Waals surface area (Å²) in [5, 5.41) is 2.65. The quantitative estimate of drug-likeness (QED) is 0.603. The van der Waals surface area contributed by atoms with Crippen molar-refractivity contribution in [3.63, 3.8) is 0 Å². The lowest BCUT2D eigenvalue weighted by Crippen LogP contribution is -2.38. The molecule has 0 bridgehead atoms. The average molecular weight is 257 g/mol. The van der Waals surface area contributed by atoms with Gasteiger partial charge in [0.2, 0.25) is 0 Å². The largest absolute Gasteiger partial charge is 0.296 e. The molecule has 0 radical (unpaired) electrons. The predicted molar refractivity (Wildman–Crippen MR) is 57.3 cm³/mol. The summed E-state index contributed by atoms with van der Waals surface area (Å²) in [7, 11) is 0. The van der Waals surface area contributed by atoms with Gasteiger partial charge in [0, 0.05) is 6.42 Å². The van der Waals surface area contributed by atoms with Crippen LogP contribution in [0.3, 0.4) is 0 Å². The second kappa shape index (κ2) is 4.51. The van der Waals surface area contributed by atoms with E-state index >= 15 is 0 Å². The van der Waals surface area contributed by atoms with E-state index in [0.29, 0.717) is 25.0 Å². The fraction of sp³-hybridized carbons (Fsp3) is 0.417. The van der Waals surface area contributed by atoms with Gasteiger partial charge < -0.3 is 0 Å². The molecular formula is C12H10F3NO2. The third kappa shape index (κ3) is 1.72. The van der Waals surface area contributed by atoms with Gasteiger partial charge in [0.25, 0.3) is 0 Å². The number of Topliss-reactive ketones (excluding diaryl/α,β-unsaturated/α-hetero) is 1. The number of nitrogens with zero attached hydrogens (tertiary/aromatic N) is 1. The smallest absolute Gasteiger partial charge is 0.191 e. The van der Waals surface area contributed by atoms with Gasteiger partial charge >= 0.3 is 0 Å². The second-order valence-electron chi connectivity index (χ2n) is 4.30. The Morgan fingerprint density at radius 1 is 1.11 bits per heavy atom. The minimum atomic E-state index is -2.12. The first kappa shape index (κ1) is 12.7. The van der Waals surface area contributed by atoms with Crippen molar-refractivity contribution in [3.05, 3.63) is 40.1 Å². The molecule has 1 fully saturated rings. The number of hydrogen-bond donors (Lipinski definition) is 0. The molecule has 0 amide bonds. The summed E-state index contributed by atoms with van der Waals surface area (Å²) in [6.07, 6.45) is 0.898. The number of carbonyl (C=O) groups excluding carboxylic acids is 1. The van der Waals surface area contributed by atoms with Crippen molar-refractivity contribution in [1.82, 2.24) is 0 Å². The summed E-state index contributed by atoms with van der Waals surface area (Å²) in [6, 6.07) is 1.31. The lowest BCUT2D eigenvalue weighted by Gasteiger charge is -2.29. The third-order valence-corrected chi connectivity index (χ3v) is 3.27. The Bertz CT molecular complexity index is 518. The first-order valence-corrected chi connectivity index (χ1v) is 5.55. The van der Waals surface area contributed by atoms with Gasteiger partial charge in [-0.05, 0) is 31.4 Å². The molecule has 1 aromatic carbocycles. The van der Waals surface area contributed by atoms with E-state index in [-0.39, 0.29) is 12.8 Å². The lowest BCUT2D eigenvalue weighted by atomic mass is 9.76. The highest BCUT2D eigenvalue weighted by molar-refractivity contribution is 5.90. The predicted octanol–water partition coefficient (Wildman–Crippen LogP) is 3.21. The molecule has 6 heteroatoms. The van der Waals surface area contributed by atoms with Crippen LogP contribution in [0.2, 0.25) is 0 Å². The molecule has 96 valence electrons. The Labute approximate surface area is 101 Å². The standard InChI is InChI=1S/C12H10F3NO2/c13-7-4-5-8(14)11(15)10(7)12(16-18)6-2-1-3-9(12)17/h4-5H,1-3,6H2. The summed E-state index contributed by atoms with van der Waals surface area (Å²) < 4.78 is 40.5. The zero-order chi connectivity index (χ0) is 13.3. The van der Waals surface area contributed by atoms with E-state index in [2.05, 4.69) is 5.18 Å². The molecule has 1 atom stereocenters. The average Bonchev–Trinajstić information content (AvgIpc) is 2.37. The zero-order valence-electron chi connectivity index (χ0n) is 9.38. The number of carbonyl (C=O) groups is 1. The fourth-order valence-electron chi connectivity index (χ4n) is 2.33. The molecule has 0 aliphatic heterocycles. The molecule has 3 nitrogen and oxygen atoms in total. The molecule has 0 heterocycles. The van der Waals surface area contributed by atoms with Gasteiger partial charge in [-0.1, -0.05) is 5.18 Å². The van der Waals surface area contributed by atoms with Crippen LogP contribution in [-0.4, -0.2) is 5.78 Å². The van der Waals surface area contributed by atoms with Crippen LogP contribution in [0.25, 0.3) is 0 Å². The van der Waals surface area contributed by atoms with E-state index in [1.807, 2.05) is 0 Å². The summed E-state index contributed by atoms with van der Waals surface area (Å²) in [4.78, 5) is 22.8. The summed E-state index contributed by atoms with van der Waals surface area (Å²) >= 11 is 0. The molecule has 0 saturated heterocycles. The lowest BCUT2D eigenvalue weighted by molar-refractivity contribution is -0.126. The number of rotatable bonds is 2. The number of ketones is 1. The zero-order valence-corrected chi connectivity index (χ0v) is 9.38. The van der Waals surface area contributed by atoms with E-state index in [1.165, 1.54) is 0 Å². The third-order valence-electron chi connectivity index (χ3n) is 3.27. The molecule has 18 heavy (non-hydrogen) atoms. The van der Waals surface area contributed by atoms with Crippen LogP contribution >= 0.6 is 0 Å². The van der Waals surface area contributed by atoms with Crippen molar-refractivity contribution in [3.8, 4) is 0 Å². The van der Waals surface area contributed by atoms with Crippen molar-refractivity contribution in [2.75, 3.05) is 0 Å². The van der Waals surface area contributed by atoms with E-state index in [1.54, 1.807) is 0 Å². The van der Waals surface area contributed by atoms with E-state index in [9.17, 15) is 22.9 Å². The number of halogens is 3. The van der Waals surface area contributed by atoms with Crippen LogP contribution in [0.4, 0.5) is 13.2 Å². The van der Waals surface area contributed by atoms with Gasteiger partial charge in [0.15, 0.2) is 23.0 Å². The Balaban J connectivity index is 2.67. The second-order valence-corrected chi connectivity index (χ2v) is 4.30. The van der Waals surface area contributed by atoms with Crippen molar-refractivity contribution < 1.29 is 18.0 Å². The van der Waals surface area contributed by atoms with Gasteiger partial charge in [0.05, 0.1) is 5.56 Å². The van der Waals surface area contributed by atoms with Crippen LogP contribution in [0, 0.1) is 22.4 Å². The van der Waals surface area contributed by atoms with Crippen LogP contribution in [0.15, 0.2) is 17.3 Å². The van der Waals surface area contributed by atoms with Gasteiger partial charge in [-0.3, -0.25) is 4.79 Å². The topological polar surface area (TPSA) is 46.5 Å². The normalized spacial score (nSPS) is 24.1. The van der Waals surface area contributed by atoms with Crippen molar-refractivity contribution >= 4 is 5.78 Å². The maximum Gasteiger partial charge on any atom is 0.191 e. The highest BCUT2D eigenvalue weighted by atomic mass is 19.2. The Kier molecular flexibility index (Phi) is 3.19. The molecule has 0 N–H and O–H groups in total. The van der Waals surface area contributed by atoms with Gasteiger partial charge in [0.1, 0.15) is 5.82 Å². The molecule has 1 unspecified atom stereocenters. The maximum absolute atomic E-state index is 13.7. The number of nitroso groups, excluding NO2 is 1. The van der Waals surface area contributed by atoms with Crippen LogP contribution in [-0.2, 0) is 10.3 Å². The molecule has 2 rings (SSSR count). The summed E-state index contributed by atoms with van der Waals surface area (Å²) in [6.45, 7) is 0. The SMILES string of the molecule is O=NC1(c2c(F)ccc(F)c2F)CCCCC1=O. The first-order valence-electron chi connectivity index (χ1n) is 5.55. The highest BCUT2D eigenvalue weighted by Crippen LogP contribution is 2.40. The Hall–Kier alpha value is -1.72. The molecule has 1 aromatic rings. The van der Waals surface area contributed by atoms with Gasteiger partial charge in [-0.25, -0.2) is 13.2 Å². The van der Waals surface area contributed by atoms with Crippen LogP contribution in [0.1, 0.15) is 31.2 Å². The molecule has 0 spiro atoms. The maximum atomic E-state index is 13.7. The van der Waals surface area contributed by atoms with Crippen molar-refractivity contribution in [2.24, 2.45) is 5.18 Å². The molecule has 0 aromatic heterocycles. The van der Waals surface area contributed by atoms with Crippen molar-refractivity contribution in [2.45, 2.75) is 31.2 Å². The van der Waals surface area contributed by atoms with E-state index in [0.717, 1.165) is 0 Å². The van der Waals surface area contributed by atoms with E-state index < -0.39 is 34.3 Å². The Morgan fingerprint density at radius 2 is 1.78 bits per heavy atom. The molecule has 1 aliphatic rings. The fourth-order valence-corrected chi connectivity index (χ4v) is 2.33. The van der Waals surface area contributed by atoms with Crippen LogP contribution in [0.5, 0.6) is 0 Å². The molecular weight excluding hydrogens is 247 g/mol.